The lowest BCUT2D eigenvalue weighted by atomic mass is 9.74. The molecule has 0 spiro atoms. The molecule has 1 aliphatic heterocycles. The zero-order chi connectivity index (χ0) is 17.3. The van der Waals surface area contributed by atoms with E-state index in [0.717, 1.165) is 36.8 Å². The van der Waals surface area contributed by atoms with E-state index in [2.05, 4.69) is 14.9 Å². The molecule has 128 valence electrons. The number of nitrogens with zero attached hydrogens (tertiary/aromatic N) is 3. The number of ether oxygens (including phenoxy) is 1. The molecule has 0 amide bonds. The first-order valence-corrected chi connectivity index (χ1v) is 8.29. The first-order valence-electron chi connectivity index (χ1n) is 8.29. The van der Waals surface area contributed by atoms with Gasteiger partial charge in [0.05, 0.1) is 18.0 Å². The van der Waals surface area contributed by atoms with Crippen LogP contribution < -0.4 is 10.6 Å². The number of aromatic nitrogens is 2. The molecule has 1 unspecified atom stereocenters. The molecule has 2 N–H and O–H groups in total. The molecule has 0 radical (unpaired) electrons. The van der Waals surface area contributed by atoms with Gasteiger partial charge >= 0.3 is 5.97 Å². The molecule has 1 fully saturated rings. The Balaban J connectivity index is 1.89. The summed E-state index contributed by atoms with van der Waals surface area (Å²) >= 11 is 0. The molecule has 0 aliphatic carbocycles. The molecule has 24 heavy (non-hydrogen) atoms. The predicted molar refractivity (Wildman–Crippen MR) is 94.7 cm³/mol. The van der Waals surface area contributed by atoms with Crippen LogP contribution in [0.3, 0.4) is 0 Å². The normalized spacial score (nSPS) is 18.6. The Labute approximate surface area is 142 Å². The number of methoxy groups -OCH3 is 1. The fourth-order valence-corrected chi connectivity index (χ4v) is 3.41. The molecule has 1 saturated heterocycles. The number of carbonyl (C=O) groups excluding carboxylic acids is 1. The van der Waals surface area contributed by atoms with Gasteiger partial charge in [0.15, 0.2) is 0 Å². The molecule has 2 aromatic rings. The highest BCUT2D eigenvalue weighted by Gasteiger charge is 2.40. The number of nitrogens with two attached hydrogens (primary N) is 1. The van der Waals surface area contributed by atoms with Gasteiger partial charge in [-0.3, -0.25) is 4.79 Å². The maximum Gasteiger partial charge on any atom is 0.311 e. The van der Waals surface area contributed by atoms with Crippen LogP contribution in [-0.4, -0.2) is 36.1 Å². The Kier molecular flexibility index (Phi) is 4.30. The minimum atomic E-state index is -0.532. The second-order valence-electron chi connectivity index (χ2n) is 6.92. The van der Waals surface area contributed by atoms with Crippen molar-refractivity contribution >= 4 is 28.6 Å². The Hall–Kier alpha value is -2.37. The van der Waals surface area contributed by atoms with Gasteiger partial charge < -0.3 is 15.4 Å². The Bertz CT molecular complexity index is 760. The third-order valence-corrected chi connectivity index (χ3v) is 5.06. The van der Waals surface area contributed by atoms with Crippen LogP contribution in [0.2, 0.25) is 0 Å². The summed E-state index contributed by atoms with van der Waals surface area (Å²) in [6.45, 7) is 5.48. The summed E-state index contributed by atoms with van der Waals surface area (Å²) < 4.78 is 4.98. The summed E-state index contributed by atoms with van der Waals surface area (Å²) in [4.78, 5) is 23.4. The maximum absolute atomic E-state index is 12.1. The fraction of sp³-hybridized carbons (Fsp3) is 0.500. The second kappa shape index (κ2) is 6.26. The monoisotopic (exact) mass is 328 g/mol. The molecular weight excluding hydrogens is 304 g/mol. The van der Waals surface area contributed by atoms with Crippen molar-refractivity contribution in [1.29, 1.82) is 0 Å². The van der Waals surface area contributed by atoms with E-state index in [1.54, 1.807) is 0 Å². The summed E-state index contributed by atoms with van der Waals surface area (Å²) in [6, 6.07) is 7.74. The summed E-state index contributed by atoms with van der Waals surface area (Å²) in [7, 11) is 1.44. The van der Waals surface area contributed by atoms with Gasteiger partial charge in [-0.05, 0) is 44.7 Å². The van der Waals surface area contributed by atoms with Crippen LogP contribution in [0.1, 0.15) is 26.7 Å². The van der Waals surface area contributed by atoms with Crippen molar-refractivity contribution in [2.45, 2.75) is 26.7 Å². The zero-order valence-electron chi connectivity index (χ0n) is 14.5. The minimum Gasteiger partial charge on any atom is -0.469 e. The molecule has 6 heteroatoms. The number of fused-ring (bicyclic) bond motifs is 1. The van der Waals surface area contributed by atoms with Gasteiger partial charge in [0.2, 0.25) is 5.95 Å². The number of piperidine rings is 1. The van der Waals surface area contributed by atoms with Crippen LogP contribution >= 0.6 is 0 Å². The molecule has 0 bridgehead atoms. The molecule has 2 heterocycles. The molecule has 1 aromatic carbocycles. The highest BCUT2D eigenvalue weighted by atomic mass is 16.5. The fourth-order valence-electron chi connectivity index (χ4n) is 3.41. The highest BCUT2D eigenvalue weighted by Crippen LogP contribution is 2.36. The van der Waals surface area contributed by atoms with Crippen LogP contribution in [0, 0.1) is 11.3 Å². The van der Waals surface area contributed by atoms with Gasteiger partial charge in [-0.15, -0.1) is 0 Å². The number of benzene rings is 1. The number of nitrogen functional groups attached to an aromatic ring is 1. The molecule has 6 nitrogen and oxygen atoms in total. The van der Waals surface area contributed by atoms with Crippen LogP contribution in [0.4, 0.5) is 11.8 Å². The molecule has 1 aromatic heterocycles. The molecular formula is C18H24N4O2. The van der Waals surface area contributed by atoms with Crippen molar-refractivity contribution in [2.75, 3.05) is 30.8 Å². The summed E-state index contributed by atoms with van der Waals surface area (Å²) in [5, 5.41) is 0.865. The van der Waals surface area contributed by atoms with Crippen molar-refractivity contribution in [3.63, 3.8) is 0 Å². The number of rotatable bonds is 3. The average Bonchev–Trinajstić information content (AvgIpc) is 2.61. The van der Waals surface area contributed by atoms with Crippen molar-refractivity contribution in [1.82, 2.24) is 9.97 Å². The van der Waals surface area contributed by atoms with E-state index in [1.807, 2.05) is 38.1 Å². The van der Waals surface area contributed by atoms with E-state index in [4.69, 9.17) is 10.5 Å². The van der Waals surface area contributed by atoms with E-state index in [-0.39, 0.29) is 11.9 Å². The lowest BCUT2D eigenvalue weighted by Gasteiger charge is -2.39. The van der Waals surface area contributed by atoms with Crippen molar-refractivity contribution in [3.05, 3.63) is 24.3 Å². The number of hydrogen-bond donors (Lipinski definition) is 1. The Morgan fingerprint density at radius 3 is 2.83 bits per heavy atom. The predicted octanol–water partition coefficient (Wildman–Crippen LogP) is 2.63. The Morgan fingerprint density at radius 2 is 2.08 bits per heavy atom. The SMILES string of the molecule is COC(=O)C(C)(C)C1CCCN(c2nc(N)c3ccccc3n2)C1. The van der Waals surface area contributed by atoms with E-state index in [0.29, 0.717) is 11.8 Å². The van der Waals surface area contributed by atoms with Crippen LogP contribution in [0.15, 0.2) is 24.3 Å². The largest absolute Gasteiger partial charge is 0.469 e. The van der Waals surface area contributed by atoms with E-state index in [9.17, 15) is 4.79 Å². The van der Waals surface area contributed by atoms with Gasteiger partial charge in [0.1, 0.15) is 5.82 Å². The van der Waals surface area contributed by atoms with E-state index >= 15 is 0 Å². The third kappa shape index (κ3) is 2.88. The number of esters is 1. The number of para-hydroxylation sites is 1. The van der Waals surface area contributed by atoms with Crippen LogP contribution in [0.25, 0.3) is 10.9 Å². The number of anilines is 2. The topological polar surface area (TPSA) is 81.3 Å². The van der Waals surface area contributed by atoms with Gasteiger partial charge in [-0.25, -0.2) is 4.98 Å². The molecule has 1 atom stereocenters. The zero-order valence-corrected chi connectivity index (χ0v) is 14.5. The summed E-state index contributed by atoms with van der Waals surface area (Å²) in [6.07, 6.45) is 1.98. The van der Waals surface area contributed by atoms with Crippen molar-refractivity contribution in [2.24, 2.45) is 11.3 Å². The first-order chi connectivity index (χ1) is 11.4. The molecule has 3 rings (SSSR count). The standard InChI is InChI=1S/C18H24N4O2/c1-18(2,16(23)24-3)12-7-6-10-22(11-12)17-20-14-9-5-4-8-13(14)15(19)21-17/h4-5,8-9,12H,6-7,10-11H2,1-3H3,(H2,19,20,21). The highest BCUT2D eigenvalue weighted by molar-refractivity contribution is 5.88. The molecule has 0 saturated carbocycles. The minimum absolute atomic E-state index is 0.173. The lowest BCUT2D eigenvalue weighted by Crippen LogP contribution is -2.45. The van der Waals surface area contributed by atoms with Gasteiger partial charge in [0.25, 0.3) is 0 Å². The number of carbonyl (C=O) groups is 1. The quantitative estimate of drug-likeness (QED) is 0.872. The first kappa shape index (κ1) is 16.5. The van der Waals surface area contributed by atoms with E-state index < -0.39 is 5.41 Å². The second-order valence-corrected chi connectivity index (χ2v) is 6.92. The average molecular weight is 328 g/mol. The molecule has 1 aliphatic rings. The summed E-state index contributed by atoms with van der Waals surface area (Å²) in [5.41, 5.74) is 6.41. The van der Waals surface area contributed by atoms with Crippen molar-refractivity contribution < 1.29 is 9.53 Å². The third-order valence-electron chi connectivity index (χ3n) is 5.06. The Morgan fingerprint density at radius 1 is 1.33 bits per heavy atom. The van der Waals surface area contributed by atoms with Crippen LogP contribution in [-0.2, 0) is 9.53 Å². The van der Waals surface area contributed by atoms with Gasteiger partial charge in [-0.2, -0.15) is 4.98 Å². The lowest BCUT2D eigenvalue weighted by molar-refractivity contribution is -0.154. The smallest absolute Gasteiger partial charge is 0.311 e. The number of hydrogen-bond acceptors (Lipinski definition) is 6. The van der Waals surface area contributed by atoms with Crippen molar-refractivity contribution in [3.8, 4) is 0 Å². The van der Waals surface area contributed by atoms with Gasteiger partial charge in [0, 0.05) is 18.5 Å². The van der Waals surface area contributed by atoms with E-state index in [1.165, 1.54) is 7.11 Å². The van der Waals surface area contributed by atoms with Gasteiger partial charge in [-0.1, -0.05) is 12.1 Å². The van der Waals surface area contributed by atoms with Crippen LogP contribution in [0.5, 0.6) is 0 Å². The summed E-state index contributed by atoms with van der Waals surface area (Å²) in [5.74, 6) is 1.14. The maximum atomic E-state index is 12.1.